The molecule has 1 aromatic rings. The first kappa shape index (κ1) is 17.2. The first-order valence-corrected chi connectivity index (χ1v) is 6.26. The maximum Gasteiger partial charge on any atom is 0.191 e. The van der Waals surface area contributed by atoms with Gasteiger partial charge in [-0.3, -0.25) is 4.68 Å². The third-order valence-corrected chi connectivity index (χ3v) is 2.35. The molecule has 2 N–H and O–H groups in total. The van der Waals surface area contributed by atoms with Gasteiger partial charge in [0.05, 0.1) is 12.7 Å². The van der Waals surface area contributed by atoms with E-state index in [2.05, 4.69) is 34.6 Å². The zero-order valence-corrected chi connectivity index (χ0v) is 13.8. The molecule has 1 aromatic heterocycles. The Kier molecular flexibility index (Phi) is 9.72. The Bertz CT molecular complexity index is 348. The van der Waals surface area contributed by atoms with E-state index in [9.17, 15) is 0 Å². The molecule has 1 heterocycles. The molecule has 0 amide bonds. The van der Waals surface area contributed by atoms with Crippen LogP contribution in [0.3, 0.4) is 0 Å². The Hall–Kier alpha value is -0.790. The molecule has 0 saturated heterocycles. The number of rotatable bonds is 6. The number of halogens is 1. The monoisotopic (exact) mass is 365 g/mol. The highest BCUT2D eigenvalue weighted by atomic mass is 127. The number of nitrogens with one attached hydrogen (secondary N) is 2. The predicted molar refractivity (Wildman–Crippen MR) is 86.3 cm³/mol. The van der Waals surface area contributed by atoms with E-state index in [0.717, 1.165) is 31.0 Å². The van der Waals surface area contributed by atoms with Crippen molar-refractivity contribution in [3.05, 3.63) is 18.0 Å². The lowest BCUT2D eigenvalue weighted by molar-refractivity contribution is 0.730. The molecule has 0 unspecified atom stereocenters. The van der Waals surface area contributed by atoms with E-state index in [1.807, 2.05) is 19.4 Å². The van der Waals surface area contributed by atoms with Gasteiger partial charge in [0.15, 0.2) is 5.96 Å². The van der Waals surface area contributed by atoms with Crippen molar-refractivity contribution < 1.29 is 0 Å². The van der Waals surface area contributed by atoms with E-state index in [0.29, 0.717) is 6.54 Å². The van der Waals surface area contributed by atoms with Crippen molar-refractivity contribution in [1.82, 2.24) is 20.4 Å². The fourth-order valence-corrected chi connectivity index (χ4v) is 1.45. The van der Waals surface area contributed by atoms with Gasteiger partial charge in [0.25, 0.3) is 0 Å². The number of hydrogen-bond donors (Lipinski definition) is 2. The van der Waals surface area contributed by atoms with E-state index in [-0.39, 0.29) is 24.0 Å². The Morgan fingerprint density at radius 3 is 2.72 bits per heavy atom. The summed E-state index contributed by atoms with van der Waals surface area (Å²) in [6, 6.07) is 0. The quantitative estimate of drug-likeness (QED) is 0.350. The van der Waals surface area contributed by atoms with Crippen LogP contribution in [0.25, 0.3) is 0 Å². The van der Waals surface area contributed by atoms with Crippen LogP contribution in [0.1, 0.15) is 32.3 Å². The predicted octanol–water partition coefficient (Wildman–Crippen LogP) is 1.89. The highest BCUT2D eigenvalue weighted by Crippen LogP contribution is 1.98. The summed E-state index contributed by atoms with van der Waals surface area (Å²) in [7, 11) is 1.91. The SMILES string of the molecule is CCCCNC(=NCc1cnn(C)c1)NCC.I. The zero-order chi connectivity index (χ0) is 12.5. The second-order valence-corrected chi connectivity index (χ2v) is 4.00. The normalized spacial score (nSPS) is 10.9. The minimum atomic E-state index is 0. The highest BCUT2D eigenvalue weighted by molar-refractivity contribution is 14.0. The number of aromatic nitrogens is 2. The maximum absolute atomic E-state index is 4.51. The number of aryl methyl sites for hydroxylation is 1. The molecule has 0 aromatic carbocycles. The lowest BCUT2D eigenvalue weighted by Crippen LogP contribution is -2.37. The minimum Gasteiger partial charge on any atom is -0.357 e. The Morgan fingerprint density at radius 1 is 1.39 bits per heavy atom. The lowest BCUT2D eigenvalue weighted by atomic mass is 10.3. The number of aliphatic imine (C=N–C) groups is 1. The van der Waals surface area contributed by atoms with Crippen molar-refractivity contribution in [2.24, 2.45) is 12.0 Å². The summed E-state index contributed by atoms with van der Waals surface area (Å²) in [4.78, 5) is 4.51. The van der Waals surface area contributed by atoms with Gasteiger partial charge in [-0.15, -0.1) is 24.0 Å². The van der Waals surface area contributed by atoms with E-state index in [1.165, 1.54) is 6.42 Å². The van der Waals surface area contributed by atoms with Crippen molar-refractivity contribution in [2.45, 2.75) is 33.2 Å². The van der Waals surface area contributed by atoms with Crippen molar-refractivity contribution in [1.29, 1.82) is 0 Å². The number of nitrogens with zero attached hydrogens (tertiary/aromatic N) is 3. The van der Waals surface area contributed by atoms with Crippen LogP contribution in [0.15, 0.2) is 17.4 Å². The summed E-state index contributed by atoms with van der Waals surface area (Å²) >= 11 is 0. The summed E-state index contributed by atoms with van der Waals surface area (Å²) in [5.74, 6) is 0.879. The maximum atomic E-state index is 4.51. The average molecular weight is 365 g/mol. The van der Waals surface area contributed by atoms with Crippen LogP contribution in [0.2, 0.25) is 0 Å². The summed E-state index contributed by atoms with van der Waals surface area (Å²) < 4.78 is 1.79. The summed E-state index contributed by atoms with van der Waals surface area (Å²) in [6.45, 7) is 6.76. The molecule has 1 rings (SSSR count). The number of guanidine groups is 1. The van der Waals surface area contributed by atoms with Gasteiger partial charge in [0.1, 0.15) is 0 Å². The van der Waals surface area contributed by atoms with Gasteiger partial charge in [-0.2, -0.15) is 5.10 Å². The summed E-state index contributed by atoms with van der Waals surface area (Å²) in [5.41, 5.74) is 1.13. The van der Waals surface area contributed by atoms with Gasteiger partial charge >= 0.3 is 0 Å². The third-order valence-electron chi connectivity index (χ3n) is 2.35. The molecule has 0 saturated carbocycles. The van der Waals surface area contributed by atoms with Crippen molar-refractivity contribution in [2.75, 3.05) is 13.1 Å². The van der Waals surface area contributed by atoms with Crippen LogP contribution >= 0.6 is 24.0 Å². The van der Waals surface area contributed by atoms with E-state index in [1.54, 1.807) is 4.68 Å². The van der Waals surface area contributed by atoms with Crippen molar-refractivity contribution in [3.63, 3.8) is 0 Å². The van der Waals surface area contributed by atoms with Crippen LogP contribution in [-0.4, -0.2) is 28.8 Å². The largest absolute Gasteiger partial charge is 0.357 e. The molecule has 0 fully saturated rings. The molecular formula is C12H24IN5. The van der Waals surface area contributed by atoms with Gasteiger partial charge in [0, 0.05) is 31.9 Å². The number of hydrogen-bond acceptors (Lipinski definition) is 2. The standard InChI is InChI=1S/C12H23N5.HI/c1-4-6-7-14-12(13-5-2)15-8-11-9-16-17(3)10-11;/h9-10H,4-8H2,1-3H3,(H2,13,14,15);1H. The van der Waals surface area contributed by atoms with Crippen LogP contribution < -0.4 is 10.6 Å². The second-order valence-electron chi connectivity index (χ2n) is 4.00. The topological polar surface area (TPSA) is 54.2 Å². The first-order chi connectivity index (χ1) is 8.26. The fraction of sp³-hybridized carbons (Fsp3) is 0.667. The minimum absolute atomic E-state index is 0. The van der Waals surface area contributed by atoms with Crippen LogP contribution in [0, 0.1) is 0 Å². The second kappa shape index (κ2) is 10.2. The molecule has 6 heteroatoms. The first-order valence-electron chi connectivity index (χ1n) is 6.26. The molecule has 5 nitrogen and oxygen atoms in total. The molecule has 0 spiro atoms. The summed E-state index contributed by atoms with van der Waals surface area (Å²) in [5, 5.41) is 10.7. The van der Waals surface area contributed by atoms with Crippen LogP contribution in [0.5, 0.6) is 0 Å². The molecule has 0 aliphatic carbocycles. The smallest absolute Gasteiger partial charge is 0.191 e. The molecular weight excluding hydrogens is 341 g/mol. The van der Waals surface area contributed by atoms with Gasteiger partial charge in [-0.05, 0) is 13.3 Å². The molecule has 0 aliphatic rings. The molecule has 0 aliphatic heterocycles. The molecule has 0 radical (unpaired) electrons. The van der Waals surface area contributed by atoms with Gasteiger partial charge < -0.3 is 10.6 Å². The Labute approximate surface area is 126 Å². The lowest BCUT2D eigenvalue weighted by Gasteiger charge is -2.10. The average Bonchev–Trinajstić information content (AvgIpc) is 2.72. The van der Waals surface area contributed by atoms with Gasteiger partial charge in [0.2, 0.25) is 0 Å². The van der Waals surface area contributed by atoms with Crippen molar-refractivity contribution >= 4 is 29.9 Å². The number of unbranched alkanes of at least 4 members (excludes halogenated alkanes) is 1. The van der Waals surface area contributed by atoms with Gasteiger partial charge in [-0.25, -0.2) is 4.99 Å². The molecule has 0 atom stereocenters. The fourth-order valence-electron chi connectivity index (χ4n) is 1.45. The van der Waals surface area contributed by atoms with E-state index >= 15 is 0 Å². The van der Waals surface area contributed by atoms with E-state index in [4.69, 9.17) is 0 Å². The van der Waals surface area contributed by atoms with Crippen molar-refractivity contribution in [3.8, 4) is 0 Å². The van der Waals surface area contributed by atoms with Crippen LogP contribution in [0.4, 0.5) is 0 Å². The van der Waals surface area contributed by atoms with Crippen LogP contribution in [-0.2, 0) is 13.6 Å². The Balaban J connectivity index is 0.00000289. The summed E-state index contributed by atoms with van der Waals surface area (Å²) in [6.07, 6.45) is 6.19. The molecule has 104 valence electrons. The Morgan fingerprint density at radius 2 is 2.17 bits per heavy atom. The van der Waals surface area contributed by atoms with Gasteiger partial charge in [-0.1, -0.05) is 13.3 Å². The third kappa shape index (κ3) is 6.83. The molecule has 18 heavy (non-hydrogen) atoms. The van der Waals surface area contributed by atoms with E-state index < -0.39 is 0 Å². The molecule has 0 bridgehead atoms. The highest BCUT2D eigenvalue weighted by Gasteiger charge is 1.98. The zero-order valence-electron chi connectivity index (χ0n) is 11.4.